The Morgan fingerprint density at radius 2 is 2.00 bits per heavy atom. The molecule has 17 heavy (non-hydrogen) atoms. The van der Waals surface area contributed by atoms with Crippen molar-refractivity contribution in [3.05, 3.63) is 59.9 Å². The molecule has 0 radical (unpaired) electrons. The maximum Gasteiger partial charge on any atom is 0.270 e. The second-order valence-corrected chi connectivity index (χ2v) is 3.33. The van der Waals surface area contributed by atoms with Crippen molar-refractivity contribution in [2.24, 2.45) is 0 Å². The summed E-state index contributed by atoms with van der Waals surface area (Å²) < 4.78 is 13.2. The fraction of sp³-hybridized carbons (Fsp3) is 0.0833. The average molecular weight is 231 g/mol. The van der Waals surface area contributed by atoms with Gasteiger partial charge in [0.05, 0.1) is 12.2 Å². The van der Waals surface area contributed by atoms with E-state index in [4.69, 9.17) is 0 Å². The van der Waals surface area contributed by atoms with Crippen molar-refractivity contribution in [3.8, 4) is 0 Å². The van der Waals surface area contributed by atoms with Gasteiger partial charge in [0, 0.05) is 12.4 Å². The quantitative estimate of drug-likeness (QED) is 0.871. The molecule has 0 fully saturated rings. The third-order valence-corrected chi connectivity index (χ3v) is 2.15. The summed E-state index contributed by atoms with van der Waals surface area (Å²) in [6, 6.07) is 7.82. The van der Waals surface area contributed by atoms with E-state index in [9.17, 15) is 9.18 Å². The molecule has 0 saturated carbocycles. The molecule has 2 aromatic rings. The Bertz CT molecular complexity index is 516. The van der Waals surface area contributed by atoms with Gasteiger partial charge in [-0.1, -0.05) is 6.07 Å². The summed E-state index contributed by atoms with van der Waals surface area (Å²) >= 11 is 0. The zero-order valence-electron chi connectivity index (χ0n) is 8.93. The molecular weight excluding hydrogens is 221 g/mol. The minimum Gasteiger partial charge on any atom is -0.345 e. The topological polar surface area (TPSA) is 54.9 Å². The Morgan fingerprint density at radius 1 is 1.18 bits per heavy atom. The average Bonchev–Trinajstić information content (AvgIpc) is 2.38. The first-order chi connectivity index (χ1) is 8.27. The fourth-order valence-electron chi connectivity index (χ4n) is 1.30. The highest BCUT2D eigenvalue weighted by Gasteiger charge is 2.08. The number of hydrogen-bond acceptors (Lipinski definition) is 3. The van der Waals surface area contributed by atoms with Crippen LogP contribution in [0, 0.1) is 5.82 Å². The summed E-state index contributed by atoms with van der Waals surface area (Å²) in [6.45, 7) is 0.0437. The van der Waals surface area contributed by atoms with Crippen molar-refractivity contribution in [1.29, 1.82) is 0 Å². The minimum absolute atomic E-state index is 0.0437. The van der Waals surface area contributed by atoms with Crippen LogP contribution in [0.2, 0.25) is 0 Å². The molecule has 1 N–H and O–H groups in total. The summed E-state index contributed by atoms with van der Waals surface area (Å²) in [4.78, 5) is 19.3. The molecule has 2 aromatic heterocycles. The Labute approximate surface area is 97.5 Å². The predicted molar refractivity (Wildman–Crippen MR) is 59.6 cm³/mol. The van der Waals surface area contributed by atoms with E-state index in [1.54, 1.807) is 18.2 Å². The number of pyridine rings is 2. The number of nitrogens with zero attached hydrogens (tertiary/aromatic N) is 2. The molecule has 1 amide bonds. The summed E-state index contributed by atoms with van der Waals surface area (Å²) in [5.74, 6) is -0.788. The molecular formula is C12H10FN3O. The second kappa shape index (κ2) is 5.16. The number of hydrogen-bond donors (Lipinski definition) is 1. The molecule has 0 unspecified atom stereocenters. The Kier molecular flexibility index (Phi) is 3.40. The molecule has 5 heteroatoms. The van der Waals surface area contributed by atoms with Crippen molar-refractivity contribution >= 4 is 5.91 Å². The van der Waals surface area contributed by atoms with Crippen LogP contribution in [0.4, 0.5) is 4.39 Å². The van der Waals surface area contributed by atoms with Crippen LogP contribution in [0.5, 0.6) is 0 Å². The van der Waals surface area contributed by atoms with Gasteiger partial charge in [-0.05, 0) is 24.3 Å². The predicted octanol–water partition coefficient (Wildman–Crippen LogP) is 1.55. The van der Waals surface area contributed by atoms with Crippen LogP contribution in [0.1, 0.15) is 16.2 Å². The van der Waals surface area contributed by atoms with Crippen molar-refractivity contribution in [2.75, 3.05) is 0 Å². The van der Waals surface area contributed by atoms with E-state index >= 15 is 0 Å². The third kappa shape index (κ3) is 2.84. The molecule has 0 saturated heterocycles. The summed E-state index contributed by atoms with van der Waals surface area (Å²) in [7, 11) is 0. The normalized spacial score (nSPS) is 9.94. The molecule has 2 heterocycles. The number of amides is 1. The first kappa shape index (κ1) is 11.2. The number of halogens is 1. The van der Waals surface area contributed by atoms with E-state index in [1.807, 2.05) is 0 Å². The standard InChI is InChI=1S/C12H10FN3O/c13-9-4-3-7-15-11(9)8-16-12(17)10-5-1-2-6-14-10/h1-7H,8H2,(H,16,17). The van der Waals surface area contributed by atoms with Crippen molar-refractivity contribution in [1.82, 2.24) is 15.3 Å². The molecule has 4 nitrogen and oxygen atoms in total. The van der Waals surface area contributed by atoms with Gasteiger partial charge < -0.3 is 5.32 Å². The van der Waals surface area contributed by atoms with Gasteiger partial charge in [0.1, 0.15) is 11.5 Å². The van der Waals surface area contributed by atoms with Gasteiger partial charge in [-0.15, -0.1) is 0 Å². The highest BCUT2D eigenvalue weighted by Crippen LogP contribution is 2.02. The second-order valence-electron chi connectivity index (χ2n) is 3.33. The van der Waals surface area contributed by atoms with Gasteiger partial charge >= 0.3 is 0 Å². The molecule has 0 aromatic carbocycles. The Balaban J connectivity index is 2.00. The number of aromatic nitrogens is 2. The van der Waals surface area contributed by atoms with Crippen molar-refractivity contribution in [3.63, 3.8) is 0 Å². The van der Waals surface area contributed by atoms with E-state index in [2.05, 4.69) is 15.3 Å². The van der Waals surface area contributed by atoms with Crippen LogP contribution in [0.15, 0.2) is 42.7 Å². The number of carbonyl (C=O) groups is 1. The lowest BCUT2D eigenvalue weighted by Gasteiger charge is -2.04. The lowest BCUT2D eigenvalue weighted by molar-refractivity contribution is 0.0945. The zero-order valence-corrected chi connectivity index (χ0v) is 8.93. The maximum absolute atomic E-state index is 13.2. The molecule has 0 atom stereocenters. The Morgan fingerprint density at radius 3 is 2.71 bits per heavy atom. The summed E-state index contributed by atoms with van der Waals surface area (Å²) in [5, 5.41) is 2.55. The van der Waals surface area contributed by atoms with Crippen LogP contribution in [0.25, 0.3) is 0 Å². The lowest BCUT2D eigenvalue weighted by atomic mass is 10.3. The minimum atomic E-state index is -0.436. The SMILES string of the molecule is O=C(NCc1ncccc1F)c1ccccn1. The van der Waals surface area contributed by atoms with E-state index in [-0.39, 0.29) is 18.1 Å². The number of carbonyl (C=O) groups excluding carboxylic acids is 1. The van der Waals surface area contributed by atoms with Gasteiger partial charge in [-0.2, -0.15) is 0 Å². The summed E-state index contributed by atoms with van der Waals surface area (Å²) in [5.41, 5.74) is 0.501. The van der Waals surface area contributed by atoms with Crippen LogP contribution >= 0.6 is 0 Å². The largest absolute Gasteiger partial charge is 0.345 e. The fourth-order valence-corrected chi connectivity index (χ4v) is 1.30. The molecule has 0 aliphatic heterocycles. The smallest absolute Gasteiger partial charge is 0.270 e. The van der Waals surface area contributed by atoms with Crippen molar-refractivity contribution < 1.29 is 9.18 Å². The van der Waals surface area contributed by atoms with Gasteiger partial charge in [0.15, 0.2) is 0 Å². The third-order valence-electron chi connectivity index (χ3n) is 2.15. The molecule has 0 aliphatic rings. The van der Waals surface area contributed by atoms with Crippen LogP contribution < -0.4 is 5.32 Å². The number of nitrogens with one attached hydrogen (secondary N) is 1. The first-order valence-electron chi connectivity index (χ1n) is 5.06. The van der Waals surface area contributed by atoms with Gasteiger partial charge in [0.25, 0.3) is 5.91 Å². The van der Waals surface area contributed by atoms with Crippen molar-refractivity contribution in [2.45, 2.75) is 6.54 Å². The highest BCUT2D eigenvalue weighted by molar-refractivity contribution is 5.92. The maximum atomic E-state index is 13.2. The molecule has 0 spiro atoms. The molecule has 0 bridgehead atoms. The monoisotopic (exact) mass is 231 g/mol. The van der Waals surface area contributed by atoms with Crippen LogP contribution in [-0.2, 0) is 6.54 Å². The van der Waals surface area contributed by atoms with Gasteiger partial charge in [-0.3, -0.25) is 14.8 Å². The highest BCUT2D eigenvalue weighted by atomic mass is 19.1. The molecule has 86 valence electrons. The van der Waals surface area contributed by atoms with Gasteiger partial charge in [-0.25, -0.2) is 4.39 Å². The van der Waals surface area contributed by atoms with Gasteiger partial charge in [0.2, 0.25) is 0 Å². The van der Waals surface area contributed by atoms with E-state index < -0.39 is 5.82 Å². The number of rotatable bonds is 3. The lowest BCUT2D eigenvalue weighted by Crippen LogP contribution is -2.24. The van der Waals surface area contributed by atoms with E-state index in [1.165, 1.54) is 24.5 Å². The van der Waals surface area contributed by atoms with E-state index in [0.29, 0.717) is 5.69 Å². The summed E-state index contributed by atoms with van der Waals surface area (Å²) in [6.07, 6.45) is 3.00. The van der Waals surface area contributed by atoms with Crippen LogP contribution in [-0.4, -0.2) is 15.9 Å². The Hall–Kier alpha value is -2.30. The van der Waals surface area contributed by atoms with E-state index in [0.717, 1.165) is 0 Å². The first-order valence-corrected chi connectivity index (χ1v) is 5.06. The molecule has 2 rings (SSSR count). The van der Waals surface area contributed by atoms with Crippen LogP contribution in [0.3, 0.4) is 0 Å². The zero-order chi connectivity index (χ0) is 12.1. The molecule has 0 aliphatic carbocycles.